The van der Waals surface area contributed by atoms with Crippen molar-refractivity contribution in [2.75, 3.05) is 6.54 Å². The Morgan fingerprint density at radius 3 is 1.75 bits per heavy atom. The van der Waals surface area contributed by atoms with E-state index in [4.69, 9.17) is 15.3 Å². The van der Waals surface area contributed by atoms with Crippen LogP contribution in [0, 0.1) is 0 Å². The van der Waals surface area contributed by atoms with Gasteiger partial charge in [0.25, 0.3) is 0 Å². The molecule has 0 heterocycles. The van der Waals surface area contributed by atoms with Crippen molar-refractivity contribution in [1.82, 2.24) is 0 Å². The van der Waals surface area contributed by atoms with Gasteiger partial charge in [-0.1, -0.05) is 0 Å². The maximum Gasteiger partial charge on any atom is 0.438 e. The average Bonchev–Trinajstić information content (AvgIpc) is 1.30. The van der Waals surface area contributed by atoms with Crippen LogP contribution in [0.15, 0.2) is 0 Å². The summed E-state index contributed by atoms with van der Waals surface area (Å²) in [5.74, 6) is 0. The first-order valence-electron chi connectivity index (χ1n) is 2.07. The van der Waals surface area contributed by atoms with E-state index in [0.29, 0.717) is 6.54 Å². The molecule has 0 aliphatic carbocycles. The van der Waals surface area contributed by atoms with Gasteiger partial charge in [0.15, 0.2) is 0 Å². The number of nitrogens with two attached hydrogens (primary N) is 1. The molecule has 0 unspecified atom stereocenters. The molecule has 0 fully saturated rings. The Labute approximate surface area is 46.9 Å². The topological polar surface area (TPSA) is 107 Å². The van der Waals surface area contributed by atoms with Crippen molar-refractivity contribution in [2.45, 2.75) is 13.0 Å². The van der Waals surface area contributed by atoms with E-state index in [1.807, 2.05) is 0 Å². The van der Waals surface area contributed by atoms with Gasteiger partial charge in [-0.3, -0.25) is 20.6 Å². The minimum Gasteiger partial charge on any atom is -0.870 e. The summed E-state index contributed by atoms with van der Waals surface area (Å²) in [5, 5.41) is 25.2. The molecule has 0 spiro atoms. The van der Waals surface area contributed by atoms with E-state index in [9.17, 15) is 0 Å². The molecular formula is C3H11NO4. The van der Waals surface area contributed by atoms with E-state index >= 15 is 0 Å². The van der Waals surface area contributed by atoms with E-state index in [-0.39, 0.29) is 5.48 Å². The minimum absolute atomic E-state index is 0. The van der Waals surface area contributed by atoms with Crippen LogP contribution < -0.4 is 5.32 Å². The molecule has 5 nitrogen and oxygen atoms in total. The summed E-state index contributed by atoms with van der Waals surface area (Å²) in [6.45, 7) is 2.13. The summed E-state index contributed by atoms with van der Waals surface area (Å²) in [7, 11) is 0. The van der Waals surface area contributed by atoms with Crippen molar-refractivity contribution < 1.29 is 26.1 Å². The highest BCUT2D eigenvalue weighted by Gasteiger charge is 2.19. The second-order valence-electron chi connectivity index (χ2n) is 1.30. The number of hydrogen-bond donors (Lipinski definition) is 4. The minimum atomic E-state index is -2.57. The average molecular weight is 125 g/mol. The molecule has 0 aliphatic heterocycles. The van der Waals surface area contributed by atoms with E-state index in [2.05, 4.69) is 0 Å². The van der Waals surface area contributed by atoms with Crippen molar-refractivity contribution in [3.05, 3.63) is 0 Å². The smallest absolute Gasteiger partial charge is 0.438 e. The Hall–Kier alpha value is -0.200. The van der Waals surface area contributed by atoms with E-state index in [0.717, 1.165) is 5.32 Å². The zero-order valence-electron chi connectivity index (χ0n) is 4.57. The van der Waals surface area contributed by atoms with Crippen LogP contribution in [-0.2, 0) is 0 Å². The maximum absolute atomic E-state index is 8.07. The maximum atomic E-state index is 8.07. The molecule has 52 valence electrons. The van der Waals surface area contributed by atoms with Crippen LogP contribution in [-0.4, -0.2) is 33.4 Å². The van der Waals surface area contributed by atoms with E-state index in [1.54, 1.807) is 6.92 Å². The third-order valence-electron chi connectivity index (χ3n) is 0.478. The lowest BCUT2D eigenvalue weighted by atomic mass is 10.7. The lowest BCUT2D eigenvalue weighted by molar-refractivity contribution is -0.855. The van der Waals surface area contributed by atoms with Gasteiger partial charge in [0, 0.05) is 0 Å². The molecule has 0 aromatic rings. The fraction of sp³-hybridized carbons (Fsp3) is 1.00. The second-order valence-corrected chi connectivity index (χ2v) is 1.30. The zero-order valence-corrected chi connectivity index (χ0v) is 4.57. The van der Waals surface area contributed by atoms with Gasteiger partial charge >= 0.3 is 6.10 Å². The van der Waals surface area contributed by atoms with Crippen LogP contribution in [0.2, 0.25) is 0 Å². The Balaban J connectivity index is 0. The van der Waals surface area contributed by atoms with Gasteiger partial charge in [0.2, 0.25) is 0 Å². The second kappa shape index (κ2) is 3.76. The molecule has 8 heavy (non-hydrogen) atoms. The van der Waals surface area contributed by atoms with Crippen molar-refractivity contribution in [3.63, 3.8) is 0 Å². The third-order valence-corrected chi connectivity index (χ3v) is 0.478. The number of hydrogen-bond acceptors (Lipinski definition) is 4. The largest absolute Gasteiger partial charge is 0.870 e. The monoisotopic (exact) mass is 125 g/mol. The van der Waals surface area contributed by atoms with Crippen LogP contribution in [0.5, 0.6) is 0 Å². The fourth-order valence-electron chi connectivity index (χ4n) is 0.274. The molecule has 0 aliphatic rings. The van der Waals surface area contributed by atoms with Crippen LogP contribution >= 0.6 is 0 Å². The highest BCUT2D eigenvalue weighted by Crippen LogP contribution is 1.68. The first kappa shape index (κ1) is 10.7. The predicted octanol–water partition coefficient (Wildman–Crippen LogP) is -3.02. The molecule has 6 N–H and O–H groups in total. The van der Waals surface area contributed by atoms with Crippen LogP contribution in [0.4, 0.5) is 0 Å². The zero-order chi connectivity index (χ0) is 5.91. The lowest BCUT2D eigenvalue weighted by Crippen LogP contribution is -2.97. The molecule has 0 bridgehead atoms. The normalized spacial score (nSPS) is 10.5. The highest BCUT2D eigenvalue weighted by molar-refractivity contribution is 4.06. The van der Waals surface area contributed by atoms with Gasteiger partial charge in [-0.05, 0) is 6.92 Å². The summed E-state index contributed by atoms with van der Waals surface area (Å²) in [6.07, 6.45) is -2.57. The molecule has 0 aromatic heterocycles. The predicted molar refractivity (Wildman–Crippen MR) is 23.8 cm³/mol. The van der Waals surface area contributed by atoms with E-state index < -0.39 is 6.10 Å². The number of rotatable bonds is 2. The summed E-state index contributed by atoms with van der Waals surface area (Å²) < 4.78 is 0. The third kappa shape index (κ3) is 9.25. The Morgan fingerprint density at radius 2 is 1.75 bits per heavy atom. The first-order chi connectivity index (χ1) is 3.06. The SMILES string of the molecule is CC[NH2+]C(O)(O)O.[OH-]. The molecule has 0 rings (SSSR count). The number of aliphatic hydroxyl groups is 3. The molecule has 0 aromatic carbocycles. The van der Waals surface area contributed by atoms with Crippen LogP contribution in [0.25, 0.3) is 0 Å². The summed E-state index contributed by atoms with van der Waals surface area (Å²) >= 11 is 0. The van der Waals surface area contributed by atoms with Crippen LogP contribution in [0.1, 0.15) is 6.92 Å². The van der Waals surface area contributed by atoms with Gasteiger partial charge in [0.1, 0.15) is 0 Å². The molecule has 0 amide bonds. The van der Waals surface area contributed by atoms with Gasteiger partial charge in [0.05, 0.1) is 6.54 Å². The first-order valence-corrected chi connectivity index (χ1v) is 2.07. The fourth-order valence-corrected chi connectivity index (χ4v) is 0.274. The van der Waals surface area contributed by atoms with Crippen molar-refractivity contribution in [1.29, 1.82) is 0 Å². The summed E-state index contributed by atoms with van der Waals surface area (Å²) in [6, 6.07) is 0. The summed E-state index contributed by atoms with van der Waals surface area (Å²) in [4.78, 5) is 0. The standard InChI is InChI=1S/C3H9NO3.H2O/c1-2-4-3(5,6)7;/h4-7H,2H2,1H3;1H2. The quantitative estimate of drug-likeness (QED) is 0.295. The lowest BCUT2D eigenvalue weighted by Gasteiger charge is -2.07. The molecule has 0 atom stereocenters. The highest BCUT2D eigenvalue weighted by atomic mass is 16.7. The molecule has 5 heteroatoms. The number of quaternary nitrogens is 1. The van der Waals surface area contributed by atoms with Crippen molar-refractivity contribution in [3.8, 4) is 0 Å². The molecule has 0 saturated carbocycles. The molecular weight excluding hydrogens is 114 g/mol. The van der Waals surface area contributed by atoms with Crippen molar-refractivity contribution in [2.24, 2.45) is 0 Å². The molecule has 0 radical (unpaired) electrons. The Morgan fingerprint density at radius 1 is 1.38 bits per heavy atom. The van der Waals surface area contributed by atoms with Crippen molar-refractivity contribution >= 4 is 0 Å². The van der Waals surface area contributed by atoms with Gasteiger partial charge < -0.3 is 5.48 Å². The molecule has 0 saturated heterocycles. The Bertz CT molecular complexity index is 49.7. The summed E-state index contributed by atoms with van der Waals surface area (Å²) in [5.41, 5.74) is 0. The van der Waals surface area contributed by atoms with Gasteiger partial charge in [-0.15, -0.1) is 0 Å². The Kier molecular flexibility index (Phi) is 5.04. The van der Waals surface area contributed by atoms with Gasteiger partial charge in [-0.2, -0.15) is 0 Å². The van der Waals surface area contributed by atoms with Crippen LogP contribution in [0.3, 0.4) is 0 Å². The van der Waals surface area contributed by atoms with Gasteiger partial charge in [-0.25, -0.2) is 0 Å². The van der Waals surface area contributed by atoms with E-state index in [1.165, 1.54) is 0 Å².